The summed E-state index contributed by atoms with van der Waals surface area (Å²) < 4.78 is 13.1. The lowest BCUT2D eigenvalue weighted by atomic mass is 10.1. The monoisotopic (exact) mass is 273 g/mol. The van der Waals surface area contributed by atoms with Crippen LogP contribution in [-0.2, 0) is 6.42 Å². The van der Waals surface area contributed by atoms with Gasteiger partial charge in [-0.15, -0.1) is 0 Å². The predicted molar refractivity (Wildman–Crippen MR) is 79.0 cm³/mol. The van der Waals surface area contributed by atoms with Crippen LogP contribution >= 0.6 is 0 Å². The predicted octanol–water partition coefficient (Wildman–Crippen LogP) is 3.08. The molecule has 0 bridgehead atoms. The Balaban J connectivity index is 1.82. The Labute approximate surface area is 119 Å². The number of benzene rings is 2. The Bertz CT molecular complexity index is 530. The average molecular weight is 273 g/mol. The molecule has 20 heavy (non-hydrogen) atoms. The van der Waals surface area contributed by atoms with E-state index in [1.165, 1.54) is 17.7 Å². The van der Waals surface area contributed by atoms with Gasteiger partial charge in [0.05, 0.1) is 6.10 Å². The molecule has 106 valence electrons. The quantitative estimate of drug-likeness (QED) is 0.847. The van der Waals surface area contributed by atoms with Gasteiger partial charge in [-0.2, -0.15) is 0 Å². The van der Waals surface area contributed by atoms with Crippen molar-refractivity contribution < 1.29 is 9.50 Å². The molecule has 3 heteroatoms. The van der Waals surface area contributed by atoms with Crippen molar-refractivity contribution in [3.8, 4) is 0 Å². The van der Waals surface area contributed by atoms with Crippen molar-refractivity contribution in [3.05, 3.63) is 71.5 Å². The highest BCUT2D eigenvalue weighted by molar-refractivity contribution is 5.19. The zero-order valence-electron chi connectivity index (χ0n) is 11.6. The second kappa shape index (κ2) is 7.17. The van der Waals surface area contributed by atoms with Crippen LogP contribution in [0.1, 0.15) is 24.2 Å². The van der Waals surface area contributed by atoms with Crippen LogP contribution in [0.25, 0.3) is 0 Å². The molecule has 0 fully saturated rings. The van der Waals surface area contributed by atoms with E-state index in [-0.39, 0.29) is 11.9 Å². The third-order valence-corrected chi connectivity index (χ3v) is 3.28. The van der Waals surface area contributed by atoms with Gasteiger partial charge in [0.15, 0.2) is 0 Å². The molecule has 2 nitrogen and oxygen atoms in total. The van der Waals surface area contributed by atoms with Gasteiger partial charge in [-0.25, -0.2) is 4.39 Å². The van der Waals surface area contributed by atoms with Crippen LogP contribution in [0, 0.1) is 5.82 Å². The highest BCUT2D eigenvalue weighted by Gasteiger charge is 2.10. The Morgan fingerprint density at radius 3 is 2.55 bits per heavy atom. The van der Waals surface area contributed by atoms with Gasteiger partial charge in [0.1, 0.15) is 5.82 Å². The van der Waals surface area contributed by atoms with Crippen molar-refractivity contribution in [1.29, 1.82) is 0 Å². The van der Waals surface area contributed by atoms with Crippen LogP contribution in [0.4, 0.5) is 4.39 Å². The summed E-state index contributed by atoms with van der Waals surface area (Å²) in [4.78, 5) is 0. The molecule has 2 aromatic rings. The molecule has 0 radical (unpaired) electrons. The molecule has 0 aromatic heterocycles. The molecule has 0 aliphatic rings. The van der Waals surface area contributed by atoms with Crippen molar-refractivity contribution in [3.63, 3.8) is 0 Å². The molecule has 2 N–H and O–H groups in total. The molecule has 2 atom stereocenters. The fourth-order valence-corrected chi connectivity index (χ4v) is 2.18. The van der Waals surface area contributed by atoms with E-state index in [4.69, 9.17) is 0 Å². The highest BCUT2D eigenvalue weighted by Crippen LogP contribution is 2.13. The van der Waals surface area contributed by atoms with Crippen molar-refractivity contribution >= 4 is 0 Å². The maximum absolute atomic E-state index is 13.1. The van der Waals surface area contributed by atoms with E-state index in [0.717, 1.165) is 6.42 Å². The Hall–Kier alpha value is -1.71. The summed E-state index contributed by atoms with van der Waals surface area (Å²) in [6.07, 6.45) is 0.209. The van der Waals surface area contributed by atoms with E-state index >= 15 is 0 Å². The largest absolute Gasteiger partial charge is 0.387 e. The van der Waals surface area contributed by atoms with Crippen LogP contribution < -0.4 is 5.32 Å². The van der Waals surface area contributed by atoms with Gasteiger partial charge in [0, 0.05) is 12.6 Å². The van der Waals surface area contributed by atoms with Gasteiger partial charge in [0.25, 0.3) is 0 Å². The number of rotatable bonds is 6. The minimum atomic E-state index is -0.691. The summed E-state index contributed by atoms with van der Waals surface area (Å²) in [5.74, 6) is -0.320. The lowest BCUT2D eigenvalue weighted by Crippen LogP contribution is -2.32. The molecule has 2 rings (SSSR count). The lowest BCUT2D eigenvalue weighted by molar-refractivity contribution is 0.170. The summed E-state index contributed by atoms with van der Waals surface area (Å²) in [7, 11) is 0. The van der Waals surface area contributed by atoms with Gasteiger partial charge in [-0.05, 0) is 36.6 Å². The fraction of sp³-hybridized carbons (Fsp3) is 0.294. The minimum Gasteiger partial charge on any atom is -0.387 e. The smallest absolute Gasteiger partial charge is 0.123 e. The highest BCUT2D eigenvalue weighted by atomic mass is 19.1. The standard InChI is InChI=1S/C17H20FNO/c1-13(10-14-6-3-2-4-7-14)19-12-17(20)15-8-5-9-16(18)11-15/h2-9,11,13,17,19-20H,10,12H2,1H3/t13?,17-/m0/s1. The van der Waals surface area contributed by atoms with Crippen molar-refractivity contribution in [2.24, 2.45) is 0 Å². The summed E-state index contributed by atoms with van der Waals surface area (Å²) >= 11 is 0. The number of hydrogen-bond donors (Lipinski definition) is 2. The van der Waals surface area contributed by atoms with E-state index in [2.05, 4.69) is 24.4 Å². The molecule has 0 amide bonds. The Morgan fingerprint density at radius 1 is 1.10 bits per heavy atom. The normalized spacial score (nSPS) is 13.9. The molecule has 0 aliphatic carbocycles. The second-order valence-corrected chi connectivity index (χ2v) is 5.07. The number of nitrogens with one attached hydrogen (secondary N) is 1. The number of hydrogen-bond acceptors (Lipinski definition) is 2. The molecule has 1 unspecified atom stereocenters. The molecule has 0 saturated carbocycles. The first-order chi connectivity index (χ1) is 9.65. The minimum absolute atomic E-state index is 0.251. The van der Waals surface area contributed by atoms with Gasteiger partial charge in [0.2, 0.25) is 0 Å². The molecule has 2 aromatic carbocycles. The van der Waals surface area contributed by atoms with Crippen LogP contribution in [0.3, 0.4) is 0 Å². The number of aliphatic hydroxyl groups excluding tert-OH is 1. The van der Waals surface area contributed by atoms with E-state index < -0.39 is 6.10 Å². The van der Waals surface area contributed by atoms with Crippen LogP contribution in [-0.4, -0.2) is 17.7 Å². The number of halogens is 1. The van der Waals surface area contributed by atoms with Gasteiger partial charge < -0.3 is 10.4 Å². The summed E-state index contributed by atoms with van der Waals surface area (Å²) in [5.41, 5.74) is 1.86. The van der Waals surface area contributed by atoms with E-state index in [1.807, 2.05) is 18.2 Å². The van der Waals surface area contributed by atoms with E-state index in [9.17, 15) is 9.50 Å². The van der Waals surface area contributed by atoms with Crippen molar-refractivity contribution in [2.45, 2.75) is 25.5 Å². The molecule has 0 spiro atoms. The number of aliphatic hydroxyl groups is 1. The van der Waals surface area contributed by atoms with Crippen molar-refractivity contribution in [2.75, 3.05) is 6.54 Å². The second-order valence-electron chi connectivity index (χ2n) is 5.07. The first-order valence-corrected chi connectivity index (χ1v) is 6.86. The van der Waals surface area contributed by atoms with E-state index in [0.29, 0.717) is 12.1 Å². The molecule has 0 heterocycles. The van der Waals surface area contributed by atoms with E-state index in [1.54, 1.807) is 12.1 Å². The van der Waals surface area contributed by atoms with Crippen LogP contribution in [0.15, 0.2) is 54.6 Å². The Morgan fingerprint density at radius 2 is 1.85 bits per heavy atom. The van der Waals surface area contributed by atoms with Gasteiger partial charge >= 0.3 is 0 Å². The van der Waals surface area contributed by atoms with Crippen molar-refractivity contribution in [1.82, 2.24) is 5.32 Å². The lowest BCUT2D eigenvalue weighted by Gasteiger charge is -2.17. The Kier molecular flexibility index (Phi) is 5.27. The molecular formula is C17H20FNO. The zero-order chi connectivity index (χ0) is 14.4. The maximum atomic E-state index is 13.1. The first kappa shape index (κ1) is 14.7. The summed E-state index contributed by atoms with van der Waals surface area (Å²) in [6, 6.07) is 16.5. The molecule has 0 saturated heterocycles. The summed E-state index contributed by atoms with van der Waals surface area (Å²) in [5, 5.41) is 13.3. The van der Waals surface area contributed by atoms with Crippen LogP contribution in [0.2, 0.25) is 0 Å². The topological polar surface area (TPSA) is 32.3 Å². The average Bonchev–Trinajstić information content (AvgIpc) is 2.46. The van der Waals surface area contributed by atoms with Crippen LogP contribution in [0.5, 0.6) is 0 Å². The third-order valence-electron chi connectivity index (χ3n) is 3.28. The maximum Gasteiger partial charge on any atom is 0.123 e. The van der Waals surface area contributed by atoms with Gasteiger partial charge in [-0.3, -0.25) is 0 Å². The summed E-state index contributed by atoms with van der Waals surface area (Å²) in [6.45, 7) is 2.49. The zero-order valence-corrected chi connectivity index (χ0v) is 11.6. The third kappa shape index (κ3) is 4.44. The fourth-order valence-electron chi connectivity index (χ4n) is 2.18. The first-order valence-electron chi connectivity index (χ1n) is 6.86. The molecule has 0 aliphatic heterocycles. The molecular weight excluding hydrogens is 253 g/mol. The SMILES string of the molecule is CC(Cc1ccccc1)NC[C@H](O)c1cccc(F)c1. The van der Waals surface area contributed by atoms with Gasteiger partial charge in [-0.1, -0.05) is 42.5 Å².